The molecule has 0 aliphatic heterocycles. The Morgan fingerprint density at radius 2 is 0.861 bits per heavy atom. The molecule has 0 atom stereocenters. The van der Waals surface area contributed by atoms with Crippen LogP contribution in [0.5, 0.6) is 11.5 Å². The van der Waals surface area contributed by atoms with Gasteiger partial charge in [-0.2, -0.15) is 0 Å². The number of rotatable bonds is 15. The summed E-state index contributed by atoms with van der Waals surface area (Å²) >= 11 is 0. The van der Waals surface area contributed by atoms with Gasteiger partial charge in [0.1, 0.15) is 11.5 Å². The normalized spacial score (nSPS) is 10.1. The van der Waals surface area contributed by atoms with Gasteiger partial charge in [-0.1, -0.05) is 0 Å². The summed E-state index contributed by atoms with van der Waals surface area (Å²) in [5, 5.41) is 0. The van der Waals surface area contributed by atoms with Gasteiger partial charge in [-0.05, 0) is 61.4 Å². The maximum atomic E-state index is 11.7. The molecule has 0 aliphatic carbocycles. The van der Waals surface area contributed by atoms with E-state index in [0.717, 1.165) is 0 Å². The number of carbonyl (C=O) groups excluding carboxylic acids is 4. The van der Waals surface area contributed by atoms with Crippen molar-refractivity contribution in [2.24, 2.45) is 0 Å². The van der Waals surface area contributed by atoms with E-state index in [9.17, 15) is 19.2 Å². The zero-order valence-corrected chi connectivity index (χ0v) is 19.5. The van der Waals surface area contributed by atoms with Crippen LogP contribution in [-0.4, -0.2) is 50.7 Å². The maximum Gasteiger partial charge on any atom is 0.347 e. The zero-order chi connectivity index (χ0) is 26.2. The van der Waals surface area contributed by atoms with Gasteiger partial charge in [0.2, 0.25) is 13.6 Å². The van der Waals surface area contributed by atoms with Crippen molar-refractivity contribution in [2.75, 3.05) is 38.3 Å². The van der Waals surface area contributed by atoms with Crippen molar-refractivity contribution in [1.29, 1.82) is 0 Å². The molecule has 194 valence electrons. The van der Waals surface area contributed by atoms with Gasteiger partial charge in [-0.3, -0.25) is 9.59 Å². The van der Waals surface area contributed by atoms with Gasteiger partial charge in [-0.15, -0.1) is 0 Å². The third-order valence-corrected chi connectivity index (χ3v) is 4.37. The van der Waals surface area contributed by atoms with Crippen LogP contribution in [0.15, 0.2) is 48.5 Å². The number of nitrogen functional groups attached to an aromatic ring is 2. The van der Waals surface area contributed by atoms with Gasteiger partial charge in [-0.25, -0.2) is 9.59 Å². The van der Waals surface area contributed by atoms with Crippen molar-refractivity contribution in [1.82, 2.24) is 0 Å². The number of nitrogens with two attached hydrogens (primary N) is 2. The summed E-state index contributed by atoms with van der Waals surface area (Å²) in [5.74, 6) is -1.72. The molecule has 0 saturated heterocycles. The molecule has 0 amide bonds. The standard InChI is InChI=1S/C24H28N2O10/c25-17-5-9-19(10-6-17)31-13-23(29)35-15-33-21(27)3-1-2-4-22(28)34-16-36-24(30)14-32-20-11-7-18(26)8-12-20/h5-12H,1-4,13-16,25-26H2. The SMILES string of the molecule is Nc1ccc(OCC(=O)OCOC(=O)CCCCC(=O)OCOC(=O)COc2ccc(N)cc2)cc1. The Morgan fingerprint density at radius 1 is 0.528 bits per heavy atom. The largest absolute Gasteiger partial charge is 0.482 e. The molecule has 0 spiro atoms. The summed E-state index contributed by atoms with van der Waals surface area (Å²) in [7, 11) is 0. The predicted molar refractivity (Wildman–Crippen MR) is 125 cm³/mol. The molecule has 0 heterocycles. The fourth-order valence-electron chi connectivity index (χ4n) is 2.50. The van der Waals surface area contributed by atoms with E-state index in [4.69, 9.17) is 39.9 Å². The minimum atomic E-state index is -0.708. The first-order chi connectivity index (χ1) is 17.3. The molecule has 0 bridgehead atoms. The summed E-state index contributed by atoms with van der Waals surface area (Å²) in [6.45, 7) is -1.79. The minimum absolute atomic E-state index is 0.0181. The summed E-state index contributed by atoms with van der Waals surface area (Å²) in [5.41, 5.74) is 12.2. The fourth-order valence-corrected chi connectivity index (χ4v) is 2.50. The van der Waals surface area contributed by atoms with E-state index >= 15 is 0 Å². The van der Waals surface area contributed by atoms with Gasteiger partial charge in [0.25, 0.3) is 0 Å². The lowest BCUT2D eigenvalue weighted by molar-refractivity contribution is -0.171. The van der Waals surface area contributed by atoms with Gasteiger partial charge < -0.3 is 39.9 Å². The predicted octanol–water partition coefficient (Wildman–Crippen LogP) is 1.96. The highest BCUT2D eigenvalue weighted by Gasteiger charge is 2.10. The zero-order valence-electron chi connectivity index (χ0n) is 19.5. The van der Waals surface area contributed by atoms with Crippen molar-refractivity contribution in [2.45, 2.75) is 25.7 Å². The Balaban J connectivity index is 1.43. The third-order valence-electron chi connectivity index (χ3n) is 4.37. The third kappa shape index (κ3) is 12.1. The van der Waals surface area contributed by atoms with E-state index in [1.54, 1.807) is 48.5 Å². The minimum Gasteiger partial charge on any atom is -0.482 e. The molecule has 0 radical (unpaired) electrons. The number of carbonyl (C=O) groups is 4. The molecule has 2 aromatic rings. The van der Waals surface area contributed by atoms with Crippen LogP contribution in [0, 0.1) is 0 Å². The lowest BCUT2D eigenvalue weighted by Gasteiger charge is -2.08. The number of hydrogen-bond donors (Lipinski definition) is 2. The highest BCUT2D eigenvalue weighted by atomic mass is 16.7. The second-order valence-electron chi connectivity index (χ2n) is 7.22. The lowest BCUT2D eigenvalue weighted by atomic mass is 10.2. The molecule has 36 heavy (non-hydrogen) atoms. The Bertz CT molecular complexity index is 911. The first kappa shape index (κ1) is 27.8. The molecule has 0 fully saturated rings. The quantitative estimate of drug-likeness (QED) is 0.156. The van der Waals surface area contributed by atoms with Gasteiger partial charge >= 0.3 is 23.9 Å². The molecule has 0 aliphatic rings. The van der Waals surface area contributed by atoms with Crippen molar-refractivity contribution in [3.63, 3.8) is 0 Å². The van der Waals surface area contributed by atoms with Crippen LogP contribution >= 0.6 is 0 Å². The van der Waals surface area contributed by atoms with E-state index in [1.165, 1.54) is 0 Å². The molecule has 2 rings (SSSR count). The first-order valence-corrected chi connectivity index (χ1v) is 10.9. The second-order valence-corrected chi connectivity index (χ2v) is 7.22. The molecule has 0 aromatic heterocycles. The Morgan fingerprint density at radius 3 is 1.22 bits per heavy atom. The van der Waals surface area contributed by atoms with E-state index in [0.29, 0.717) is 35.7 Å². The van der Waals surface area contributed by atoms with Crippen molar-refractivity contribution >= 4 is 35.3 Å². The molecule has 12 nitrogen and oxygen atoms in total. The topological polar surface area (TPSA) is 176 Å². The van der Waals surface area contributed by atoms with E-state index in [-0.39, 0.29) is 26.1 Å². The average Bonchev–Trinajstić information content (AvgIpc) is 2.86. The molecule has 2 aromatic carbocycles. The Hall–Kier alpha value is -4.48. The number of benzene rings is 2. The van der Waals surface area contributed by atoms with E-state index < -0.39 is 37.5 Å². The highest BCUT2D eigenvalue weighted by Crippen LogP contribution is 2.14. The molecular formula is C24H28N2O10. The first-order valence-electron chi connectivity index (χ1n) is 10.9. The molecule has 12 heteroatoms. The molecule has 0 unspecified atom stereocenters. The van der Waals surface area contributed by atoms with Crippen LogP contribution in [0.1, 0.15) is 25.7 Å². The Kier molecular flexibility index (Phi) is 11.9. The highest BCUT2D eigenvalue weighted by molar-refractivity contribution is 5.73. The van der Waals surface area contributed by atoms with Gasteiger partial charge in [0.15, 0.2) is 13.2 Å². The van der Waals surface area contributed by atoms with Crippen molar-refractivity contribution in [3.05, 3.63) is 48.5 Å². The van der Waals surface area contributed by atoms with E-state index in [2.05, 4.69) is 0 Å². The van der Waals surface area contributed by atoms with Crippen LogP contribution in [-0.2, 0) is 38.1 Å². The van der Waals surface area contributed by atoms with Crippen molar-refractivity contribution < 1.29 is 47.6 Å². The van der Waals surface area contributed by atoms with Gasteiger partial charge in [0, 0.05) is 24.2 Å². The smallest absolute Gasteiger partial charge is 0.347 e. The van der Waals surface area contributed by atoms with Crippen molar-refractivity contribution in [3.8, 4) is 11.5 Å². The summed E-state index contributed by atoms with van der Waals surface area (Å²) in [6.07, 6.45) is 0.725. The average molecular weight is 504 g/mol. The van der Waals surface area contributed by atoms with Crippen LogP contribution in [0.25, 0.3) is 0 Å². The Labute approximate surface area is 207 Å². The van der Waals surface area contributed by atoms with Crippen LogP contribution in [0.4, 0.5) is 11.4 Å². The number of ether oxygens (including phenoxy) is 6. The molecular weight excluding hydrogens is 476 g/mol. The lowest BCUT2D eigenvalue weighted by Crippen LogP contribution is -2.18. The second kappa shape index (κ2) is 15.4. The molecule has 4 N–H and O–H groups in total. The number of anilines is 2. The fraction of sp³-hybridized carbons (Fsp3) is 0.333. The van der Waals surface area contributed by atoms with Gasteiger partial charge in [0.05, 0.1) is 0 Å². The number of unbranched alkanes of at least 4 members (excludes halogenated alkanes) is 1. The van der Waals surface area contributed by atoms with E-state index in [1.807, 2.05) is 0 Å². The monoisotopic (exact) mass is 504 g/mol. The number of hydrogen-bond acceptors (Lipinski definition) is 12. The van der Waals surface area contributed by atoms with Crippen LogP contribution in [0.3, 0.4) is 0 Å². The summed E-state index contributed by atoms with van der Waals surface area (Å²) in [6, 6.07) is 12.9. The van der Waals surface area contributed by atoms with Crippen LogP contribution in [0.2, 0.25) is 0 Å². The maximum absolute atomic E-state index is 11.7. The number of esters is 4. The summed E-state index contributed by atoms with van der Waals surface area (Å²) in [4.78, 5) is 46.5. The summed E-state index contributed by atoms with van der Waals surface area (Å²) < 4.78 is 29.5. The van der Waals surface area contributed by atoms with Crippen LogP contribution < -0.4 is 20.9 Å². The molecule has 0 saturated carbocycles.